The van der Waals surface area contributed by atoms with Crippen LogP contribution in [-0.2, 0) is 6.42 Å². The molecule has 0 unspecified atom stereocenters. The van der Waals surface area contributed by atoms with E-state index in [0.29, 0.717) is 5.15 Å². The largest absolute Gasteiger partial charge is 0.241 e. The van der Waals surface area contributed by atoms with E-state index in [2.05, 4.69) is 25.9 Å². The fourth-order valence-corrected chi connectivity index (χ4v) is 1.49. The Morgan fingerprint density at radius 2 is 2.36 bits per heavy atom. The molecule has 1 aromatic rings. The van der Waals surface area contributed by atoms with E-state index in [0.717, 1.165) is 22.3 Å². The number of pyridine rings is 1. The minimum absolute atomic E-state index is 0.475. The zero-order valence-corrected chi connectivity index (χ0v) is 7.85. The molecule has 2 rings (SSSR count). The van der Waals surface area contributed by atoms with Crippen molar-refractivity contribution in [3.8, 4) is 0 Å². The molecule has 56 valence electrons. The highest BCUT2D eigenvalue weighted by Crippen LogP contribution is 2.29. The molecule has 2 nitrogen and oxygen atoms in total. The lowest BCUT2D eigenvalue weighted by Gasteiger charge is -1.98. The van der Waals surface area contributed by atoms with Crippen molar-refractivity contribution in [1.82, 2.24) is 4.98 Å². The Balaban J connectivity index is 2.63. The average molecular weight is 231 g/mol. The van der Waals surface area contributed by atoms with Crippen LogP contribution in [-0.4, -0.2) is 11.2 Å². The van der Waals surface area contributed by atoms with Gasteiger partial charge in [0.1, 0.15) is 5.15 Å². The molecule has 2 heterocycles. The number of rotatable bonds is 0. The topological polar surface area (TPSA) is 25.2 Å². The second-order valence-corrected chi connectivity index (χ2v) is 3.47. The third-order valence-corrected chi connectivity index (χ3v) is 2.63. The lowest BCUT2D eigenvalue weighted by Crippen LogP contribution is -1.83. The summed E-state index contributed by atoms with van der Waals surface area (Å²) in [4.78, 5) is 8.13. The highest BCUT2D eigenvalue weighted by Gasteiger charge is 2.10. The predicted octanol–water partition coefficient (Wildman–Crippen LogP) is 2.76. The van der Waals surface area contributed by atoms with E-state index in [1.807, 2.05) is 12.3 Å². The van der Waals surface area contributed by atoms with Crippen molar-refractivity contribution in [1.29, 1.82) is 0 Å². The van der Waals surface area contributed by atoms with Crippen LogP contribution in [0.15, 0.2) is 15.5 Å². The molecule has 0 aromatic carbocycles. The van der Waals surface area contributed by atoms with Crippen molar-refractivity contribution >= 4 is 39.6 Å². The van der Waals surface area contributed by atoms with Crippen LogP contribution in [0.1, 0.15) is 5.56 Å². The van der Waals surface area contributed by atoms with Gasteiger partial charge in [0.25, 0.3) is 0 Å². The van der Waals surface area contributed by atoms with E-state index in [1.54, 1.807) is 0 Å². The standard InChI is InChI=1S/C7H4BrClN2/c8-5-3-4-1-2-10-7(4)11-6(5)9/h2-3H,1H2. The molecule has 4 heteroatoms. The first kappa shape index (κ1) is 7.25. The summed E-state index contributed by atoms with van der Waals surface area (Å²) < 4.78 is 0.836. The van der Waals surface area contributed by atoms with Crippen LogP contribution in [0.2, 0.25) is 5.15 Å². The van der Waals surface area contributed by atoms with Gasteiger partial charge < -0.3 is 0 Å². The first-order valence-electron chi connectivity index (χ1n) is 3.15. The second kappa shape index (κ2) is 2.57. The van der Waals surface area contributed by atoms with Crippen molar-refractivity contribution in [2.24, 2.45) is 4.99 Å². The molecule has 0 saturated carbocycles. The number of hydrogen-bond acceptors (Lipinski definition) is 2. The monoisotopic (exact) mass is 230 g/mol. The van der Waals surface area contributed by atoms with Crippen molar-refractivity contribution in [3.05, 3.63) is 21.3 Å². The van der Waals surface area contributed by atoms with Gasteiger partial charge in [-0.2, -0.15) is 0 Å². The number of fused-ring (bicyclic) bond motifs is 1. The summed E-state index contributed by atoms with van der Waals surface area (Å²) in [6.07, 6.45) is 2.69. The van der Waals surface area contributed by atoms with Crippen LogP contribution in [0, 0.1) is 0 Å². The van der Waals surface area contributed by atoms with E-state index in [1.165, 1.54) is 0 Å². The van der Waals surface area contributed by atoms with E-state index in [9.17, 15) is 0 Å². The third-order valence-electron chi connectivity index (χ3n) is 1.51. The molecular weight excluding hydrogens is 227 g/mol. The SMILES string of the molecule is Clc1nc2c(cc1Br)CC=N2. The first-order valence-corrected chi connectivity index (χ1v) is 4.32. The molecule has 0 saturated heterocycles. The van der Waals surface area contributed by atoms with Gasteiger partial charge in [0.15, 0.2) is 5.82 Å². The number of aromatic nitrogens is 1. The zero-order chi connectivity index (χ0) is 7.84. The maximum absolute atomic E-state index is 5.76. The first-order chi connectivity index (χ1) is 5.27. The van der Waals surface area contributed by atoms with E-state index >= 15 is 0 Å². The number of nitrogens with zero attached hydrogens (tertiary/aromatic N) is 2. The minimum atomic E-state index is 0.475. The van der Waals surface area contributed by atoms with Gasteiger partial charge in [0.2, 0.25) is 0 Å². The number of hydrogen-bond donors (Lipinski definition) is 0. The summed E-state index contributed by atoms with van der Waals surface area (Å²) in [6.45, 7) is 0. The molecule has 1 aliphatic rings. The Labute approximate surface area is 77.4 Å². The fourth-order valence-electron chi connectivity index (χ4n) is 0.988. The molecule has 0 bridgehead atoms. The van der Waals surface area contributed by atoms with Crippen LogP contribution >= 0.6 is 27.5 Å². The van der Waals surface area contributed by atoms with Crippen LogP contribution in [0.5, 0.6) is 0 Å². The van der Waals surface area contributed by atoms with Gasteiger partial charge in [-0.1, -0.05) is 11.6 Å². The quantitative estimate of drug-likeness (QED) is 0.630. The molecule has 0 amide bonds. The highest BCUT2D eigenvalue weighted by atomic mass is 79.9. The summed E-state index contributed by atoms with van der Waals surface area (Å²) in [5, 5.41) is 0.475. The number of aliphatic imine (C=N–C) groups is 1. The lowest BCUT2D eigenvalue weighted by atomic mass is 10.2. The molecule has 0 spiro atoms. The average Bonchev–Trinajstić information content (AvgIpc) is 2.36. The van der Waals surface area contributed by atoms with Crippen LogP contribution < -0.4 is 0 Å². The molecule has 1 aromatic heterocycles. The highest BCUT2D eigenvalue weighted by molar-refractivity contribution is 9.10. The molecule has 11 heavy (non-hydrogen) atoms. The Kier molecular flexibility index (Phi) is 1.69. The van der Waals surface area contributed by atoms with Crippen LogP contribution in [0.4, 0.5) is 5.82 Å². The van der Waals surface area contributed by atoms with Gasteiger partial charge in [-0.3, -0.25) is 0 Å². The van der Waals surface area contributed by atoms with Crippen molar-refractivity contribution in [2.75, 3.05) is 0 Å². The molecule has 0 N–H and O–H groups in total. The van der Waals surface area contributed by atoms with Crippen molar-refractivity contribution in [3.63, 3.8) is 0 Å². The molecule has 0 aliphatic carbocycles. The van der Waals surface area contributed by atoms with Gasteiger partial charge in [-0.25, -0.2) is 9.98 Å². The zero-order valence-electron chi connectivity index (χ0n) is 5.51. The number of halogens is 2. The van der Waals surface area contributed by atoms with Crippen LogP contribution in [0.25, 0.3) is 0 Å². The van der Waals surface area contributed by atoms with Gasteiger partial charge in [0, 0.05) is 18.2 Å². The van der Waals surface area contributed by atoms with E-state index < -0.39 is 0 Å². The summed E-state index contributed by atoms with van der Waals surface area (Å²) in [7, 11) is 0. The van der Waals surface area contributed by atoms with Crippen molar-refractivity contribution < 1.29 is 0 Å². The van der Waals surface area contributed by atoms with E-state index in [4.69, 9.17) is 11.6 Å². The Hall–Kier alpha value is -0.410. The predicted molar refractivity (Wildman–Crippen MR) is 48.8 cm³/mol. The molecule has 1 aliphatic heterocycles. The summed E-state index contributed by atoms with van der Waals surface area (Å²) >= 11 is 9.06. The molecule has 0 atom stereocenters. The minimum Gasteiger partial charge on any atom is -0.241 e. The van der Waals surface area contributed by atoms with Gasteiger partial charge in [-0.15, -0.1) is 0 Å². The molecular formula is C7H4BrClN2. The Morgan fingerprint density at radius 1 is 1.55 bits per heavy atom. The van der Waals surface area contributed by atoms with Crippen molar-refractivity contribution in [2.45, 2.75) is 6.42 Å². The smallest absolute Gasteiger partial charge is 0.156 e. The fraction of sp³-hybridized carbons (Fsp3) is 0.143. The Morgan fingerprint density at radius 3 is 3.18 bits per heavy atom. The Bertz CT molecular complexity index is 335. The van der Waals surface area contributed by atoms with Gasteiger partial charge in [-0.05, 0) is 22.0 Å². The maximum Gasteiger partial charge on any atom is 0.156 e. The third kappa shape index (κ3) is 1.19. The van der Waals surface area contributed by atoms with Crippen LogP contribution in [0.3, 0.4) is 0 Å². The summed E-state index contributed by atoms with van der Waals surface area (Å²) in [5.74, 6) is 0.748. The summed E-state index contributed by atoms with van der Waals surface area (Å²) in [5.41, 5.74) is 1.13. The van der Waals surface area contributed by atoms with Gasteiger partial charge in [0.05, 0.1) is 4.47 Å². The second-order valence-electron chi connectivity index (χ2n) is 2.26. The molecule has 0 fully saturated rings. The van der Waals surface area contributed by atoms with Gasteiger partial charge >= 0.3 is 0 Å². The molecule has 0 radical (unpaired) electrons. The van der Waals surface area contributed by atoms with E-state index in [-0.39, 0.29) is 0 Å². The lowest BCUT2D eigenvalue weighted by molar-refractivity contribution is 1.23. The maximum atomic E-state index is 5.76. The summed E-state index contributed by atoms with van der Waals surface area (Å²) in [6, 6.07) is 1.96. The normalized spacial score (nSPS) is 13.6.